The molecule has 28 heavy (non-hydrogen) atoms. The van der Waals surface area contributed by atoms with Crippen molar-refractivity contribution in [2.75, 3.05) is 19.7 Å². The fraction of sp³-hybridized carbons (Fsp3) is 0.550. The van der Waals surface area contributed by atoms with Crippen molar-refractivity contribution in [2.45, 2.75) is 46.3 Å². The molecule has 2 amide bonds. The van der Waals surface area contributed by atoms with Crippen molar-refractivity contribution < 1.29 is 14.3 Å². The van der Waals surface area contributed by atoms with E-state index in [4.69, 9.17) is 4.74 Å². The first-order chi connectivity index (χ1) is 13.3. The second kappa shape index (κ2) is 7.33. The summed E-state index contributed by atoms with van der Waals surface area (Å²) in [7, 11) is 0. The molecule has 2 aromatic rings. The molecular weight excluding hydrogens is 376 g/mol. The fourth-order valence-electron chi connectivity index (χ4n) is 3.55. The van der Waals surface area contributed by atoms with Gasteiger partial charge in [0.15, 0.2) is 0 Å². The summed E-state index contributed by atoms with van der Waals surface area (Å²) in [4.78, 5) is 25.7. The molecule has 150 valence electrons. The lowest BCUT2D eigenvalue weighted by molar-refractivity contribution is -0.122. The quantitative estimate of drug-likeness (QED) is 0.854. The summed E-state index contributed by atoms with van der Waals surface area (Å²) >= 11 is 1.61. The number of carbonyl (C=O) groups excluding carboxylic acids is 2. The standard InChI is InChI=1S/C20H26N4O3S/c1-20(2,3)17-11-23-14-6-8-28-16(14)9-15(23)19(26)24(22-17)12-18(25)21-10-13-5-4-7-27-13/h6,8-9,13H,4-5,7,10-12H2,1-3H3,(H,21,25). The zero-order chi connectivity index (χ0) is 19.9. The topological polar surface area (TPSA) is 75.9 Å². The number of hydrogen-bond donors (Lipinski definition) is 1. The molecule has 1 saturated heterocycles. The molecule has 1 fully saturated rings. The molecule has 0 aromatic carbocycles. The Morgan fingerprint density at radius 2 is 2.25 bits per heavy atom. The lowest BCUT2D eigenvalue weighted by Crippen LogP contribution is -2.41. The van der Waals surface area contributed by atoms with Crippen LogP contribution in [0.4, 0.5) is 0 Å². The molecule has 4 heterocycles. The number of hydrogen-bond acceptors (Lipinski definition) is 5. The number of aromatic nitrogens is 1. The summed E-state index contributed by atoms with van der Waals surface area (Å²) in [6.45, 7) is 7.89. The summed E-state index contributed by atoms with van der Waals surface area (Å²) in [5.74, 6) is -0.461. The average molecular weight is 403 g/mol. The third-order valence-corrected chi connectivity index (χ3v) is 6.09. The van der Waals surface area contributed by atoms with E-state index in [1.165, 1.54) is 5.01 Å². The zero-order valence-electron chi connectivity index (χ0n) is 16.5. The van der Waals surface area contributed by atoms with E-state index in [0.717, 1.165) is 35.4 Å². The number of hydrazone groups is 1. The van der Waals surface area contributed by atoms with Crippen molar-refractivity contribution >= 4 is 39.1 Å². The number of nitrogens with one attached hydrogen (secondary N) is 1. The smallest absolute Gasteiger partial charge is 0.291 e. The molecular formula is C20H26N4O3S. The molecule has 1 atom stereocenters. The number of thiophene rings is 1. The van der Waals surface area contributed by atoms with Crippen LogP contribution in [-0.4, -0.2) is 52.9 Å². The van der Waals surface area contributed by atoms with Gasteiger partial charge in [0.25, 0.3) is 5.91 Å². The van der Waals surface area contributed by atoms with Crippen LogP contribution in [0.5, 0.6) is 0 Å². The Morgan fingerprint density at radius 3 is 2.96 bits per heavy atom. The van der Waals surface area contributed by atoms with E-state index in [2.05, 4.69) is 31.2 Å². The third kappa shape index (κ3) is 3.71. The monoisotopic (exact) mass is 402 g/mol. The Kier molecular flexibility index (Phi) is 5.01. The maximum absolute atomic E-state index is 13.2. The van der Waals surface area contributed by atoms with Crippen LogP contribution >= 0.6 is 11.3 Å². The van der Waals surface area contributed by atoms with E-state index in [9.17, 15) is 9.59 Å². The van der Waals surface area contributed by atoms with Gasteiger partial charge in [0, 0.05) is 18.6 Å². The summed E-state index contributed by atoms with van der Waals surface area (Å²) < 4.78 is 8.63. The summed E-state index contributed by atoms with van der Waals surface area (Å²) in [5, 5.41) is 10.8. The van der Waals surface area contributed by atoms with Crippen LogP contribution < -0.4 is 5.32 Å². The van der Waals surface area contributed by atoms with Crippen molar-refractivity contribution in [1.29, 1.82) is 0 Å². The number of ether oxygens (including phenoxy) is 1. The molecule has 0 radical (unpaired) electrons. The Labute approximate surface area is 168 Å². The van der Waals surface area contributed by atoms with E-state index in [-0.39, 0.29) is 29.9 Å². The van der Waals surface area contributed by atoms with E-state index in [1.54, 1.807) is 11.3 Å². The Bertz CT molecular complexity index is 931. The highest BCUT2D eigenvalue weighted by atomic mass is 32.1. The summed E-state index contributed by atoms with van der Waals surface area (Å²) in [6, 6.07) is 3.93. The molecule has 7 nitrogen and oxygen atoms in total. The lowest BCUT2D eigenvalue weighted by Gasteiger charge is -2.23. The molecule has 2 aliphatic heterocycles. The third-order valence-electron chi connectivity index (χ3n) is 5.24. The van der Waals surface area contributed by atoms with E-state index < -0.39 is 0 Å². The van der Waals surface area contributed by atoms with Gasteiger partial charge in [-0.15, -0.1) is 11.3 Å². The second-order valence-electron chi connectivity index (χ2n) is 8.38. The van der Waals surface area contributed by atoms with Crippen LogP contribution in [0.3, 0.4) is 0 Å². The van der Waals surface area contributed by atoms with E-state index in [0.29, 0.717) is 18.8 Å². The highest BCUT2D eigenvalue weighted by Crippen LogP contribution is 2.30. The molecule has 0 bridgehead atoms. The molecule has 0 saturated carbocycles. The van der Waals surface area contributed by atoms with Gasteiger partial charge >= 0.3 is 0 Å². The van der Waals surface area contributed by atoms with Crippen molar-refractivity contribution in [1.82, 2.24) is 14.9 Å². The van der Waals surface area contributed by atoms with Crippen molar-refractivity contribution in [3.63, 3.8) is 0 Å². The molecule has 1 unspecified atom stereocenters. The molecule has 8 heteroatoms. The minimum atomic E-state index is -0.241. The highest BCUT2D eigenvalue weighted by molar-refractivity contribution is 7.17. The summed E-state index contributed by atoms with van der Waals surface area (Å²) in [6.07, 6.45) is 2.05. The molecule has 1 N–H and O–H groups in total. The van der Waals surface area contributed by atoms with Gasteiger partial charge in [-0.2, -0.15) is 5.10 Å². The molecule has 0 spiro atoms. The van der Waals surface area contributed by atoms with Crippen molar-refractivity contribution in [3.05, 3.63) is 23.2 Å². The minimum Gasteiger partial charge on any atom is -0.376 e. The maximum atomic E-state index is 13.2. The Hall–Kier alpha value is -2.19. The Balaban J connectivity index is 1.58. The largest absolute Gasteiger partial charge is 0.376 e. The maximum Gasteiger partial charge on any atom is 0.291 e. The fourth-order valence-corrected chi connectivity index (χ4v) is 4.37. The zero-order valence-corrected chi connectivity index (χ0v) is 17.3. The molecule has 0 aliphatic carbocycles. The van der Waals surface area contributed by atoms with E-state index in [1.807, 2.05) is 22.1 Å². The van der Waals surface area contributed by atoms with Gasteiger partial charge in [-0.1, -0.05) is 20.8 Å². The van der Waals surface area contributed by atoms with Gasteiger partial charge in [0.05, 0.1) is 28.6 Å². The van der Waals surface area contributed by atoms with Gasteiger partial charge in [0.1, 0.15) is 12.2 Å². The van der Waals surface area contributed by atoms with Crippen LogP contribution in [0.1, 0.15) is 44.1 Å². The van der Waals surface area contributed by atoms with Gasteiger partial charge in [-0.3, -0.25) is 9.59 Å². The van der Waals surface area contributed by atoms with Crippen molar-refractivity contribution in [3.8, 4) is 0 Å². The minimum absolute atomic E-state index is 0.0708. The number of nitrogens with zero attached hydrogens (tertiary/aromatic N) is 3. The first-order valence-corrected chi connectivity index (χ1v) is 10.6. The predicted octanol–water partition coefficient (Wildman–Crippen LogP) is 2.86. The van der Waals surface area contributed by atoms with Crippen LogP contribution in [0.2, 0.25) is 0 Å². The van der Waals surface area contributed by atoms with Gasteiger partial charge < -0.3 is 14.6 Å². The normalized spacial score (nSPS) is 20.2. The van der Waals surface area contributed by atoms with Crippen LogP contribution in [0, 0.1) is 5.41 Å². The van der Waals surface area contributed by atoms with Crippen LogP contribution in [0.15, 0.2) is 22.6 Å². The number of rotatable bonds is 4. The number of amides is 2. The number of carbonyl (C=O) groups is 2. The molecule has 2 aromatic heterocycles. The van der Waals surface area contributed by atoms with Gasteiger partial charge in [0.2, 0.25) is 5.91 Å². The SMILES string of the molecule is CC(C)(C)C1=NN(CC(=O)NCC2CCCO2)C(=O)c2cc3sccc3n2C1. The van der Waals surface area contributed by atoms with Crippen molar-refractivity contribution in [2.24, 2.45) is 10.5 Å². The first-order valence-electron chi connectivity index (χ1n) is 9.68. The lowest BCUT2D eigenvalue weighted by atomic mass is 9.90. The predicted molar refractivity (Wildman–Crippen MR) is 110 cm³/mol. The van der Waals surface area contributed by atoms with Gasteiger partial charge in [-0.05, 0) is 30.4 Å². The van der Waals surface area contributed by atoms with Crippen LogP contribution in [-0.2, 0) is 16.1 Å². The molecule has 2 aliphatic rings. The summed E-state index contributed by atoms with van der Waals surface area (Å²) in [5.41, 5.74) is 2.27. The Morgan fingerprint density at radius 1 is 1.43 bits per heavy atom. The molecule has 4 rings (SSSR count). The highest BCUT2D eigenvalue weighted by Gasteiger charge is 2.31. The van der Waals surface area contributed by atoms with Crippen LogP contribution in [0.25, 0.3) is 10.2 Å². The first kappa shape index (κ1) is 19.1. The van der Waals surface area contributed by atoms with Gasteiger partial charge in [-0.25, -0.2) is 5.01 Å². The number of fused-ring (bicyclic) bond motifs is 3. The van der Waals surface area contributed by atoms with E-state index >= 15 is 0 Å². The average Bonchev–Trinajstić information content (AvgIpc) is 3.34. The second-order valence-corrected chi connectivity index (χ2v) is 9.33.